The number of nitrogens with one attached hydrogen (secondary N) is 1. The maximum absolute atomic E-state index is 11.9. The Hall–Kier alpha value is -1.43. The van der Waals surface area contributed by atoms with E-state index in [1.54, 1.807) is 0 Å². The van der Waals surface area contributed by atoms with Gasteiger partial charge in [-0.05, 0) is 24.1 Å². The summed E-state index contributed by atoms with van der Waals surface area (Å²) in [6, 6.07) is 7.66. The molecule has 1 fully saturated rings. The Morgan fingerprint density at radius 1 is 1.35 bits per heavy atom. The van der Waals surface area contributed by atoms with Gasteiger partial charge in [-0.15, -0.1) is 0 Å². The Bertz CT molecular complexity index is 429. The Morgan fingerprint density at radius 3 is 3.10 bits per heavy atom. The number of nitrogens with zero attached hydrogens (tertiary/aromatic N) is 1. The van der Waals surface area contributed by atoms with Gasteiger partial charge in [-0.1, -0.05) is 12.1 Å². The topological polar surface area (TPSA) is 67.6 Å². The maximum atomic E-state index is 11.9. The van der Waals surface area contributed by atoms with Crippen molar-refractivity contribution in [2.24, 2.45) is 5.73 Å². The van der Waals surface area contributed by atoms with Gasteiger partial charge in [0.1, 0.15) is 0 Å². The minimum Gasteiger partial charge on any atom is -0.380 e. The van der Waals surface area contributed by atoms with Gasteiger partial charge in [-0.3, -0.25) is 4.79 Å². The number of rotatable bonds is 5. The minimum absolute atomic E-state index is 0.0457. The highest BCUT2D eigenvalue weighted by Crippen LogP contribution is 2.10. The van der Waals surface area contributed by atoms with Gasteiger partial charge >= 0.3 is 0 Å². The molecule has 0 atom stereocenters. The van der Waals surface area contributed by atoms with E-state index in [1.807, 2.05) is 24.3 Å². The van der Waals surface area contributed by atoms with Crippen LogP contribution in [-0.4, -0.2) is 43.7 Å². The third kappa shape index (κ3) is 4.92. The van der Waals surface area contributed by atoms with Crippen LogP contribution in [-0.2, 0) is 16.1 Å². The predicted octanol–water partition coefficient (Wildman–Crippen LogP) is 1.20. The molecule has 0 saturated carbocycles. The Balaban J connectivity index is 1.76. The second-order valence-corrected chi connectivity index (χ2v) is 5.01. The molecule has 5 heteroatoms. The number of amides is 1. The predicted molar refractivity (Wildman–Crippen MR) is 79.5 cm³/mol. The highest BCUT2D eigenvalue weighted by molar-refractivity contribution is 5.90. The molecule has 0 bridgehead atoms. The largest absolute Gasteiger partial charge is 0.380 e. The molecular weight excluding hydrogens is 254 g/mol. The summed E-state index contributed by atoms with van der Waals surface area (Å²) < 4.78 is 5.40. The van der Waals surface area contributed by atoms with Crippen LogP contribution in [0, 0.1) is 0 Å². The second kappa shape index (κ2) is 7.99. The van der Waals surface area contributed by atoms with E-state index >= 15 is 0 Å². The van der Waals surface area contributed by atoms with Crippen molar-refractivity contribution in [2.45, 2.75) is 19.4 Å². The fourth-order valence-corrected chi connectivity index (χ4v) is 2.28. The van der Waals surface area contributed by atoms with Crippen LogP contribution in [0.2, 0.25) is 0 Å². The zero-order chi connectivity index (χ0) is 14.2. The first kappa shape index (κ1) is 15.0. The Labute approximate surface area is 120 Å². The molecule has 20 heavy (non-hydrogen) atoms. The lowest BCUT2D eigenvalue weighted by molar-refractivity contribution is -0.116. The normalized spacial score (nSPS) is 16.6. The lowest BCUT2D eigenvalue weighted by Crippen LogP contribution is -2.30. The monoisotopic (exact) mass is 277 g/mol. The van der Waals surface area contributed by atoms with Crippen LogP contribution in [0.4, 0.5) is 5.69 Å². The molecule has 2 rings (SSSR count). The molecule has 1 heterocycles. The molecular formula is C15H23N3O2. The maximum Gasteiger partial charge on any atom is 0.225 e. The SMILES string of the molecule is NCc1cccc(NC(=O)CCN2CCCOCC2)c1. The van der Waals surface area contributed by atoms with Crippen molar-refractivity contribution in [1.82, 2.24) is 4.90 Å². The van der Waals surface area contributed by atoms with Crippen molar-refractivity contribution in [3.05, 3.63) is 29.8 Å². The smallest absolute Gasteiger partial charge is 0.225 e. The lowest BCUT2D eigenvalue weighted by atomic mass is 10.2. The molecule has 1 amide bonds. The first-order chi connectivity index (χ1) is 9.78. The van der Waals surface area contributed by atoms with Gasteiger partial charge in [0.15, 0.2) is 0 Å². The summed E-state index contributed by atoms with van der Waals surface area (Å²) in [6.45, 7) is 4.78. The molecule has 110 valence electrons. The van der Waals surface area contributed by atoms with Crippen LogP contribution in [0.3, 0.4) is 0 Å². The van der Waals surface area contributed by atoms with E-state index in [2.05, 4.69) is 10.2 Å². The van der Waals surface area contributed by atoms with Gasteiger partial charge in [0.05, 0.1) is 6.61 Å². The number of carbonyl (C=O) groups excluding carboxylic acids is 1. The summed E-state index contributed by atoms with van der Waals surface area (Å²) in [5, 5.41) is 2.92. The van der Waals surface area contributed by atoms with Crippen LogP contribution in [0.5, 0.6) is 0 Å². The third-order valence-corrected chi connectivity index (χ3v) is 3.42. The number of anilines is 1. The first-order valence-electron chi connectivity index (χ1n) is 7.17. The van der Waals surface area contributed by atoms with E-state index in [0.29, 0.717) is 13.0 Å². The summed E-state index contributed by atoms with van der Waals surface area (Å²) in [5.41, 5.74) is 7.43. The zero-order valence-corrected chi connectivity index (χ0v) is 11.8. The fraction of sp³-hybridized carbons (Fsp3) is 0.533. The van der Waals surface area contributed by atoms with Crippen LogP contribution in [0.25, 0.3) is 0 Å². The Morgan fingerprint density at radius 2 is 2.25 bits per heavy atom. The molecule has 1 aromatic rings. The first-order valence-corrected chi connectivity index (χ1v) is 7.17. The number of benzene rings is 1. The number of carbonyl (C=O) groups is 1. The lowest BCUT2D eigenvalue weighted by Gasteiger charge is -2.18. The van der Waals surface area contributed by atoms with E-state index in [4.69, 9.17) is 10.5 Å². The molecule has 3 N–H and O–H groups in total. The summed E-state index contributed by atoms with van der Waals surface area (Å²) in [7, 11) is 0. The van der Waals surface area contributed by atoms with E-state index in [1.165, 1.54) is 0 Å². The van der Waals surface area contributed by atoms with Gasteiger partial charge in [0.2, 0.25) is 5.91 Å². The van der Waals surface area contributed by atoms with Gasteiger partial charge in [-0.2, -0.15) is 0 Å². The molecule has 5 nitrogen and oxygen atoms in total. The molecule has 1 aliphatic heterocycles. The standard InChI is InChI=1S/C15H23N3O2/c16-12-13-3-1-4-14(11-13)17-15(19)5-7-18-6-2-9-20-10-8-18/h1,3-4,11H,2,5-10,12,16H2,(H,17,19). The number of nitrogens with two attached hydrogens (primary N) is 1. The molecule has 0 aliphatic carbocycles. The van der Waals surface area contributed by atoms with E-state index in [0.717, 1.165) is 50.5 Å². The number of hydrogen-bond donors (Lipinski definition) is 2. The average molecular weight is 277 g/mol. The minimum atomic E-state index is 0.0457. The van der Waals surface area contributed by atoms with Crippen LogP contribution < -0.4 is 11.1 Å². The van der Waals surface area contributed by atoms with Gasteiger partial charge < -0.3 is 20.7 Å². The number of ether oxygens (including phenoxy) is 1. The highest BCUT2D eigenvalue weighted by atomic mass is 16.5. The van der Waals surface area contributed by atoms with Gasteiger partial charge in [-0.25, -0.2) is 0 Å². The molecule has 1 aliphatic rings. The van der Waals surface area contributed by atoms with Crippen molar-refractivity contribution in [2.75, 3.05) is 38.2 Å². The van der Waals surface area contributed by atoms with Crippen molar-refractivity contribution >= 4 is 11.6 Å². The Kier molecular flexibility index (Phi) is 5.98. The van der Waals surface area contributed by atoms with Crippen molar-refractivity contribution in [3.8, 4) is 0 Å². The van der Waals surface area contributed by atoms with Crippen molar-refractivity contribution in [1.29, 1.82) is 0 Å². The van der Waals surface area contributed by atoms with Crippen molar-refractivity contribution < 1.29 is 9.53 Å². The van der Waals surface area contributed by atoms with Crippen molar-refractivity contribution in [3.63, 3.8) is 0 Å². The molecule has 1 saturated heterocycles. The van der Waals surface area contributed by atoms with Gasteiger partial charge in [0.25, 0.3) is 0 Å². The van der Waals surface area contributed by atoms with E-state index in [9.17, 15) is 4.79 Å². The fourth-order valence-electron chi connectivity index (χ4n) is 2.28. The van der Waals surface area contributed by atoms with Crippen LogP contribution in [0.15, 0.2) is 24.3 Å². The second-order valence-electron chi connectivity index (χ2n) is 5.01. The third-order valence-electron chi connectivity index (χ3n) is 3.42. The quantitative estimate of drug-likeness (QED) is 0.848. The highest BCUT2D eigenvalue weighted by Gasteiger charge is 2.11. The molecule has 0 spiro atoms. The summed E-state index contributed by atoms with van der Waals surface area (Å²) in [6.07, 6.45) is 1.55. The molecule has 1 aromatic carbocycles. The summed E-state index contributed by atoms with van der Waals surface area (Å²) >= 11 is 0. The number of hydrogen-bond acceptors (Lipinski definition) is 4. The average Bonchev–Trinajstić information content (AvgIpc) is 2.74. The van der Waals surface area contributed by atoms with E-state index < -0.39 is 0 Å². The molecule has 0 aromatic heterocycles. The molecule has 0 radical (unpaired) electrons. The zero-order valence-electron chi connectivity index (χ0n) is 11.8. The van der Waals surface area contributed by atoms with Crippen LogP contribution >= 0.6 is 0 Å². The van der Waals surface area contributed by atoms with E-state index in [-0.39, 0.29) is 5.91 Å². The molecule has 0 unspecified atom stereocenters. The van der Waals surface area contributed by atoms with Gasteiger partial charge in [0, 0.05) is 44.9 Å². The summed E-state index contributed by atoms with van der Waals surface area (Å²) in [5.74, 6) is 0.0457. The summed E-state index contributed by atoms with van der Waals surface area (Å²) in [4.78, 5) is 14.2. The van der Waals surface area contributed by atoms with Crippen LogP contribution in [0.1, 0.15) is 18.4 Å².